The van der Waals surface area contributed by atoms with Crippen LogP contribution in [0, 0.1) is 0 Å². The highest BCUT2D eigenvalue weighted by atomic mass is 32.2. The SMILES string of the molecule is CCCCN(C(=O)COC(=O)c1oc2ccccc2c1COc1ccccc1)C1CCS(=O)(=O)C1. The van der Waals surface area contributed by atoms with E-state index in [1.165, 1.54) is 0 Å². The summed E-state index contributed by atoms with van der Waals surface area (Å²) in [6, 6.07) is 16.0. The molecule has 4 rings (SSSR count). The maximum Gasteiger partial charge on any atom is 0.375 e. The van der Waals surface area contributed by atoms with E-state index in [-0.39, 0.29) is 23.9 Å². The van der Waals surface area contributed by atoms with Crippen LogP contribution in [0.15, 0.2) is 59.0 Å². The Labute approximate surface area is 204 Å². The Morgan fingerprint density at radius 3 is 2.54 bits per heavy atom. The van der Waals surface area contributed by atoms with Gasteiger partial charge in [-0.2, -0.15) is 0 Å². The average molecular weight is 500 g/mol. The molecule has 0 bridgehead atoms. The molecule has 0 N–H and O–H groups in total. The lowest BCUT2D eigenvalue weighted by molar-refractivity contribution is -0.136. The summed E-state index contributed by atoms with van der Waals surface area (Å²) in [7, 11) is -3.15. The van der Waals surface area contributed by atoms with E-state index in [9.17, 15) is 18.0 Å². The van der Waals surface area contributed by atoms with Gasteiger partial charge in [0.2, 0.25) is 5.76 Å². The van der Waals surface area contributed by atoms with Crippen LogP contribution in [0.4, 0.5) is 0 Å². The van der Waals surface area contributed by atoms with Gasteiger partial charge in [-0.1, -0.05) is 49.7 Å². The summed E-state index contributed by atoms with van der Waals surface area (Å²) in [4.78, 5) is 27.5. The van der Waals surface area contributed by atoms with Crippen LogP contribution in [0.25, 0.3) is 11.0 Å². The molecule has 3 aromatic rings. The molecule has 1 saturated heterocycles. The smallest absolute Gasteiger partial charge is 0.375 e. The van der Waals surface area contributed by atoms with Gasteiger partial charge in [0, 0.05) is 18.0 Å². The fourth-order valence-corrected chi connectivity index (χ4v) is 5.95. The van der Waals surface area contributed by atoms with Gasteiger partial charge >= 0.3 is 5.97 Å². The fourth-order valence-electron chi connectivity index (χ4n) is 4.22. The van der Waals surface area contributed by atoms with Crippen molar-refractivity contribution in [1.29, 1.82) is 0 Å². The molecule has 35 heavy (non-hydrogen) atoms. The first kappa shape index (κ1) is 24.8. The number of fused-ring (bicyclic) bond motifs is 1. The van der Waals surface area contributed by atoms with Crippen LogP contribution in [0.3, 0.4) is 0 Å². The Morgan fingerprint density at radius 1 is 1.09 bits per heavy atom. The molecular formula is C26H29NO7S. The monoisotopic (exact) mass is 499 g/mol. The number of furan rings is 1. The summed E-state index contributed by atoms with van der Waals surface area (Å²) >= 11 is 0. The standard InChI is InChI=1S/C26H29NO7S/c1-2-3-14-27(19-13-15-35(30,31)18-19)24(28)17-33-26(29)25-22(16-32-20-9-5-4-6-10-20)21-11-7-8-12-23(21)34-25/h4-12,19H,2-3,13-18H2,1H3. The van der Waals surface area contributed by atoms with Crippen molar-refractivity contribution in [2.75, 3.05) is 24.7 Å². The number of unbranched alkanes of at least 4 members (excludes halogenated alkanes) is 1. The second-order valence-electron chi connectivity index (χ2n) is 8.58. The number of nitrogens with zero attached hydrogens (tertiary/aromatic N) is 1. The number of hydrogen-bond acceptors (Lipinski definition) is 7. The number of amides is 1. The minimum Gasteiger partial charge on any atom is -0.489 e. The van der Waals surface area contributed by atoms with Crippen LogP contribution in [-0.2, 0) is 26.0 Å². The van der Waals surface area contributed by atoms with Crippen molar-refractivity contribution in [3.8, 4) is 5.75 Å². The lowest BCUT2D eigenvalue weighted by Crippen LogP contribution is -2.43. The van der Waals surface area contributed by atoms with E-state index in [4.69, 9.17) is 13.9 Å². The number of carbonyl (C=O) groups excluding carboxylic acids is 2. The summed E-state index contributed by atoms with van der Waals surface area (Å²) in [5.41, 5.74) is 1.05. The molecule has 186 valence electrons. The van der Waals surface area contributed by atoms with Gasteiger partial charge in [0.05, 0.1) is 17.1 Å². The van der Waals surface area contributed by atoms with Crippen LogP contribution in [-0.4, -0.2) is 55.9 Å². The van der Waals surface area contributed by atoms with Crippen LogP contribution in [0.5, 0.6) is 5.75 Å². The first-order chi connectivity index (χ1) is 16.9. The molecule has 0 spiro atoms. The molecule has 1 aromatic heterocycles. The number of rotatable bonds is 10. The number of ether oxygens (including phenoxy) is 2. The molecule has 0 saturated carbocycles. The highest BCUT2D eigenvalue weighted by Crippen LogP contribution is 2.28. The molecule has 1 unspecified atom stereocenters. The van der Waals surface area contributed by atoms with Crippen LogP contribution < -0.4 is 4.74 Å². The molecule has 0 aliphatic carbocycles. The third-order valence-corrected chi connectivity index (χ3v) is 7.81. The molecule has 8 nitrogen and oxygen atoms in total. The van der Waals surface area contributed by atoms with Gasteiger partial charge in [-0.05, 0) is 31.0 Å². The lowest BCUT2D eigenvalue weighted by Gasteiger charge is -2.28. The van der Waals surface area contributed by atoms with Gasteiger partial charge in [0.15, 0.2) is 16.4 Å². The second-order valence-corrected chi connectivity index (χ2v) is 10.8. The molecular weight excluding hydrogens is 470 g/mol. The number of esters is 1. The molecule has 2 heterocycles. The fraction of sp³-hybridized carbons (Fsp3) is 0.385. The van der Waals surface area contributed by atoms with Crippen molar-refractivity contribution >= 4 is 32.7 Å². The van der Waals surface area contributed by atoms with Crippen molar-refractivity contribution in [2.24, 2.45) is 0 Å². The van der Waals surface area contributed by atoms with Gasteiger partial charge in [0.1, 0.15) is 17.9 Å². The van der Waals surface area contributed by atoms with E-state index in [1.807, 2.05) is 49.4 Å². The van der Waals surface area contributed by atoms with E-state index in [0.29, 0.717) is 29.9 Å². The molecule has 1 fully saturated rings. The Bertz CT molecular complexity index is 1280. The van der Waals surface area contributed by atoms with Crippen LogP contribution >= 0.6 is 0 Å². The number of sulfone groups is 1. The van der Waals surface area contributed by atoms with Crippen molar-refractivity contribution in [3.05, 3.63) is 65.9 Å². The Hall–Kier alpha value is -3.33. The third kappa shape index (κ3) is 6.03. The largest absolute Gasteiger partial charge is 0.489 e. The van der Waals surface area contributed by atoms with Gasteiger partial charge in [-0.25, -0.2) is 13.2 Å². The van der Waals surface area contributed by atoms with Crippen molar-refractivity contribution in [3.63, 3.8) is 0 Å². The van der Waals surface area contributed by atoms with E-state index in [1.54, 1.807) is 17.0 Å². The molecule has 1 aliphatic rings. The molecule has 2 aromatic carbocycles. The quantitative estimate of drug-likeness (QED) is 0.389. The topological polar surface area (TPSA) is 103 Å². The number of carbonyl (C=O) groups is 2. The molecule has 1 atom stereocenters. The first-order valence-corrected chi connectivity index (χ1v) is 13.6. The normalized spacial score (nSPS) is 16.8. The number of para-hydroxylation sites is 2. The zero-order valence-electron chi connectivity index (χ0n) is 19.6. The van der Waals surface area contributed by atoms with Gasteiger partial charge in [-0.3, -0.25) is 4.79 Å². The van der Waals surface area contributed by atoms with Crippen LogP contribution in [0.1, 0.15) is 42.3 Å². The summed E-state index contributed by atoms with van der Waals surface area (Å²) in [6.45, 7) is 2.01. The summed E-state index contributed by atoms with van der Waals surface area (Å²) in [5.74, 6) is -0.537. The van der Waals surface area contributed by atoms with Gasteiger partial charge in [-0.15, -0.1) is 0 Å². The number of hydrogen-bond donors (Lipinski definition) is 0. The lowest BCUT2D eigenvalue weighted by atomic mass is 10.1. The van der Waals surface area contributed by atoms with E-state index < -0.39 is 34.4 Å². The Balaban J connectivity index is 1.48. The molecule has 9 heteroatoms. The van der Waals surface area contributed by atoms with Gasteiger partial charge < -0.3 is 18.8 Å². The predicted molar refractivity (Wildman–Crippen MR) is 131 cm³/mol. The first-order valence-electron chi connectivity index (χ1n) is 11.7. The zero-order valence-corrected chi connectivity index (χ0v) is 20.5. The second kappa shape index (κ2) is 10.9. The zero-order chi connectivity index (χ0) is 24.8. The average Bonchev–Trinajstić information content (AvgIpc) is 3.41. The predicted octanol–water partition coefficient (Wildman–Crippen LogP) is 3.98. The minimum atomic E-state index is -3.15. The highest BCUT2D eigenvalue weighted by Gasteiger charge is 2.35. The third-order valence-electron chi connectivity index (χ3n) is 6.06. The minimum absolute atomic E-state index is 0.0153. The maximum absolute atomic E-state index is 13.0. The van der Waals surface area contributed by atoms with Crippen LogP contribution in [0.2, 0.25) is 0 Å². The Morgan fingerprint density at radius 2 is 1.83 bits per heavy atom. The van der Waals surface area contributed by atoms with Crippen molar-refractivity contribution < 1.29 is 31.9 Å². The van der Waals surface area contributed by atoms with E-state index in [0.717, 1.165) is 18.2 Å². The maximum atomic E-state index is 13.0. The summed E-state index contributed by atoms with van der Waals surface area (Å²) in [6.07, 6.45) is 1.99. The van der Waals surface area contributed by atoms with E-state index >= 15 is 0 Å². The van der Waals surface area contributed by atoms with Crippen molar-refractivity contribution in [1.82, 2.24) is 4.90 Å². The highest BCUT2D eigenvalue weighted by molar-refractivity contribution is 7.91. The van der Waals surface area contributed by atoms with E-state index in [2.05, 4.69) is 0 Å². The number of benzene rings is 2. The summed E-state index contributed by atoms with van der Waals surface area (Å²) in [5, 5.41) is 0.724. The molecule has 1 aliphatic heterocycles. The van der Waals surface area contributed by atoms with Gasteiger partial charge in [0.25, 0.3) is 5.91 Å². The summed E-state index contributed by atoms with van der Waals surface area (Å²) < 4.78 is 40.8. The molecule has 1 amide bonds. The Kier molecular flexibility index (Phi) is 7.75. The molecule has 0 radical (unpaired) electrons. The van der Waals surface area contributed by atoms with Crippen molar-refractivity contribution in [2.45, 2.75) is 38.8 Å².